The highest BCUT2D eigenvalue weighted by Crippen LogP contribution is 2.26. The van der Waals surface area contributed by atoms with Gasteiger partial charge in [0, 0.05) is 36.3 Å². The van der Waals surface area contributed by atoms with Crippen molar-refractivity contribution in [3.63, 3.8) is 0 Å². The van der Waals surface area contributed by atoms with E-state index in [1.165, 1.54) is 13.0 Å². The molecule has 25 heavy (non-hydrogen) atoms. The van der Waals surface area contributed by atoms with Crippen LogP contribution in [0.3, 0.4) is 0 Å². The van der Waals surface area contributed by atoms with Crippen molar-refractivity contribution >= 4 is 52.3 Å². The Labute approximate surface area is 161 Å². The van der Waals surface area contributed by atoms with Crippen LogP contribution in [-0.2, 0) is 4.79 Å². The minimum absolute atomic E-state index is 0.130. The summed E-state index contributed by atoms with van der Waals surface area (Å²) in [4.78, 5) is 25.7. The van der Waals surface area contributed by atoms with Crippen molar-refractivity contribution in [2.75, 3.05) is 18.0 Å². The van der Waals surface area contributed by atoms with E-state index in [2.05, 4.69) is 5.32 Å². The van der Waals surface area contributed by atoms with Gasteiger partial charge >= 0.3 is 0 Å². The Balaban J connectivity index is 2.04. The van der Waals surface area contributed by atoms with Crippen molar-refractivity contribution in [2.24, 2.45) is 0 Å². The molecule has 1 N–H and O–H groups in total. The maximum Gasteiger partial charge on any atom is 0.251 e. The highest BCUT2D eigenvalue weighted by molar-refractivity contribution is 6.42. The predicted molar refractivity (Wildman–Crippen MR) is 103 cm³/mol. The van der Waals surface area contributed by atoms with E-state index in [-0.39, 0.29) is 18.4 Å². The van der Waals surface area contributed by atoms with E-state index < -0.39 is 0 Å². The molecule has 0 aliphatic carbocycles. The molecule has 0 radical (unpaired) electrons. The zero-order valence-corrected chi connectivity index (χ0v) is 16.0. The number of benzene rings is 2. The van der Waals surface area contributed by atoms with Gasteiger partial charge < -0.3 is 10.2 Å². The lowest BCUT2D eigenvalue weighted by Gasteiger charge is -2.23. The molecule has 132 valence electrons. The topological polar surface area (TPSA) is 49.4 Å². The highest BCUT2D eigenvalue weighted by Gasteiger charge is 2.15. The Bertz CT molecular complexity index is 809. The Morgan fingerprint density at radius 1 is 1.04 bits per heavy atom. The first-order valence-electron chi connectivity index (χ1n) is 7.57. The first-order chi connectivity index (χ1) is 11.8. The summed E-state index contributed by atoms with van der Waals surface area (Å²) < 4.78 is 0. The summed E-state index contributed by atoms with van der Waals surface area (Å²) >= 11 is 17.9. The van der Waals surface area contributed by atoms with Crippen LogP contribution < -0.4 is 10.2 Å². The second-order valence-electron chi connectivity index (χ2n) is 5.44. The second kappa shape index (κ2) is 8.56. The van der Waals surface area contributed by atoms with Gasteiger partial charge in [-0.15, -0.1) is 0 Å². The van der Waals surface area contributed by atoms with Crippen molar-refractivity contribution in [3.8, 4) is 0 Å². The fourth-order valence-corrected chi connectivity index (χ4v) is 2.82. The molecule has 0 spiro atoms. The average molecular weight is 400 g/mol. The fourth-order valence-electron chi connectivity index (χ4n) is 2.36. The number of amides is 2. The SMILES string of the molecule is CC(=O)N(CCNC(=O)c1ccc(Cl)c(Cl)c1)c1cccc(Cl)c1C. The molecule has 2 aromatic carbocycles. The van der Waals surface area contributed by atoms with E-state index in [1.807, 2.05) is 13.0 Å². The molecular weight excluding hydrogens is 383 g/mol. The number of carbonyl (C=O) groups is 2. The number of anilines is 1. The molecule has 0 bridgehead atoms. The monoisotopic (exact) mass is 398 g/mol. The molecule has 0 unspecified atom stereocenters. The van der Waals surface area contributed by atoms with E-state index in [0.29, 0.717) is 27.2 Å². The second-order valence-corrected chi connectivity index (χ2v) is 6.66. The number of rotatable bonds is 5. The third-order valence-corrected chi connectivity index (χ3v) is 4.86. The quantitative estimate of drug-likeness (QED) is 0.789. The van der Waals surface area contributed by atoms with Crippen molar-refractivity contribution < 1.29 is 9.59 Å². The van der Waals surface area contributed by atoms with Gasteiger partial charge in [0.2, 0.25) is 5.91 Å². The molecule has 0 aromatic heterocycles. The summed E-state index contributed by atoms with van der Waals surface area (Å²) in [5.41, 5.74) is 1.95. The van der Waals surface area contributed by atoms with E-state index in [9.17, 15) is 9.59 Å². The maximum absolute atomic E-state index is 12.2. The van der Waals surface area contributed by atoms with Crippen molar-refractivity contribution in [1.29, 1.82) is 0 Å². The van der Waals surface area contributed by atoms with Gasteiger partial charge in [0.05, 0.1) is 10.0 Å². The third kappa shape index (κ3) is 4.88. The van der Waals surface area contributed by atoms with Crippen LogP contribution >= 0.6 is 34.8 Å². The number of carbonyl (C=O) groups excluding carboxylic acids is 2. The molecule has 2 aromatic rings. The lowest BCUT2D eigenvalue weighted by atomic mass is 10.1. The lowest BCUT2D eigenvalue weighted by Crippen LogP contribution is -2.38. The van der Waals surface area contributed by atoms with Crippen LogP contribution in [0.1, 0.15) is 22.8 Å². The van der Waals surface area contributed by atoms with Crippen LogP contribution in [0.15, 0.2) is 36.4 Å². The molecule has 2 amide bonds. The summed E-state index contributed by atoms with van der Waals surface area (Å²) in [6, 6.07) is 10.0. The Hall–Kier alpha value is -1.75. The Morgan fingerprint density at radius 3 is 2.40 bits per heavy atom. The Kier molecular flexibility index (Phi) is 6.71. The summed E-state index contributed by atoms with van der Waals surface area (Å²) in [7, 11) is 0. The van der Waals surface area contributed by atoms with Gasteiger partial charge in [-0.25, -0.2) is 0 Å². The van der Waals surface area contributed by atoms with Gasteiger partial charge in [-0.2, -0.15) is 0 Å². The van der Waals surface area contributed by atoms with Gasteiger partial charge in [-0.3, -0.25) is 9.59 Å². The number of hydrogen-bond acceptors (Lipinski definition) is 2. The van der Waals surface area contributed by atoms with Crippen LogP contribution in [0.5, 0.6) is 0 Å². The maximum atomic E-state index is 12.2. The molecule has 7 heteroatoms. The molecule has 0 aliphatic rings. The molecule has 0 atom stereocenters. The van der Waals surface area contributed by atoms with Crippen LogP contribution in [0.4, 0.5) is 5.69 Å². The Morgan fingerprint density at radius 2 is 1.76 bits per heavy atom. The minimum Gasteiger partial charge on any atom is -0.350 e. The van der Waals surface area contributed by atoms with Gasteiger partial charge in [-0.1, -0.05) is 40.9 Å². The number of nitrogens with zero attached hydrogens (tertiary/aromatic N) is 1. The van der Waals surface area contributed by atoms with E-state index >= 15 is 0 Å². The number of halogens is 3. The van der Waals surface area contributed by atoms with Crippen LogP contribution in [0, 0.1) is 6.92 Å². The molecule has 2 rings (SSSR count). The fraction of sp³-hybridized carbons (Fsp3) is 0.222. The molecule has 0 saturated carbocycles. The van der Waals surface area contributed by atoms with Gasteiger partial charge in [0.25, 0.3) is 5.91 Å². The summed E-state index contributed by atoms with van der Waals surface area (Å²) in [5.74, 6) is -0.418. The number of hydrogen-bond donors (Lipinski definition) is 1. The van der Waals surface area contributed by atoms with Crippen molar-refractivity contribution in [1.82, 2.24) is 5.32 Å². The summed E-state index contributed by atoms with van der Waals surface area (Å²) in [6.07, 6.45) is 0. The molecule has 0 aliphatic heterocycles. The molecule has 0 saturated heterocycles. The largest absolute Gasteiger partial charge is 0.350 e. The van der Waals surface area contributed by atoms with E-state index in [4.69, 9.17) is 34.8 Å². The van der Waals surface area contributed by atoms with Crippen LogP contribution in [0.2, 0.25) is 15.1 Å². The number of nitrogens with one attached hydrogen (secondary N) is 1. The smallest absolute Gasteiger partial charge is 0.251 e. The van der Waals surface area contributed by atoms with E-state index in [1.54, 1.807) is 29.2 Å². The van der Waals surface area contributed by atoms with E-state index in [0.717, 1.165) is 11.3 Å². The molecule has 0 fully saturated rings. The van der Waals surface area contributed by atoms with Gasteiger partial charge in [-0.05, 0) is 42.8 Å². The standard InChI is InChI=1S/C18H17Cl3N2O2/c1-11-14(19)4-3-5-17(11)23(12(2)24)9-8-22-18(25)13-6-7-15(20)16(21)10-13/h3-7,10H,8-9H2,1-2H3,(H,22,25). The summed E-state index contributed by atoms with van der Waals surface area (Å²) in [6.45, 7) is 3.93. The summed E-state index contributed by atoms with van der Waals surface area (Å²) in [5, 5.41) is 4.05. The first-order valence-corrected chi connectivity index (χ1v) is 8.71. The van der Waals surface area contributed by atoms with Crippen molar-refractivity contribution in [2.45, 2.75) is 13.8 Å². The van der Waals surface area contributed by atoms with Gasteiger partial charge in [0.1, 0.15) is 0 Å². The lowest BCUT2D eigenvalue weighted by molar-refractivity contribution is -0.116. The normalized spacial score (nSPS) is 10.4. The van der Waals surface area contributed by atoms with Gasteiger partial charge in [0.15, 0.2) is 0 Å². The molecule has 0 heterocycles. The third-order valence-electron chi connectivity index (χ3n) is 3.71. The zero-order valence-electron chi connectivity index (χ0n) is 13.8. The van der Waals surface area contributed by atoms with Crippen LogP contribution in [0.25, 0.3) is 0 Å². The minimum atomic E-state index is -0.287. The molecule has 4 nitrogen and oxygen atoms in total. The average Bonchev–Trinajstić information content (AvgIpc) is 2.56. The van der Waals surface area contributed by atoms with Crippen molar-refractivity contribution in [3.05, 3.63) is 62.6 Å². The van der Waals surface area contributed by atoms with Crippen LogP contribution in [-0.4, -0.2) is 24.9 Å². The highest BCUT2D eigenvalue weighted by atomic mass is 35.5. The first kappa shape index (κ1) is 19.6. The predicted octanol–water partition coefficient (Wildman–Crippen LogP) is 4.74. The molecular formula is C18H17Cl3N2O2. The zero-order chi connectivity index (χ0) is 18.6.